The lowest BCUT2D eigenvalue weighted by atomic mass is 10.2. The minimum absolute atomic E-state index is 0.145. The number of methoxy groups -OCH3 is 2. The Hall–Kier alpha value is -2.36. The molecule has 0 saturated carbocycles. The van der Waals surface area contributed by atoms with Crippen molar-refractivity contribution < 1.29 is 14.6 Å². The van der Waals surface area contributed by atoms with Gasteiger partial charge < -0.3 is 14.6 Å². The molecule has 0 unspecified atom stereocenters. The summed E-state index contributed by atoms with van der Waals surface area (Å²) in [5, 5.41) is 8.44. The van der Waals surface area contributed by atoms with Gasteiger partial charge in [0, 0.05) is 5.56 Å². The van der Waals surface area contributed by atoms with Gasteiger partial charge in [0.05, 0.1) is 14.2 Å². The molecule has 0 heterocycles. The van der Waals surface area contributed by atoms with E-state index in [-0.39, 0.29) is 6.61 Å². The topological polar surface area (TPSA) is 38.7 Å². The SMILES string of the molecule is COc1ccc(C#C/C=C\C#CCO)cc1OC. The number of hydrogen-bond acceptors (Lipinski definition) is 3. The maximum Gasteiger partial charge on any atom is 0.161 e. The highest BCUT2D eigenvalue weighted by Crippen LogP contribution is 2.26. The van der Waals surface area contributed by atoms with E-state index in [9.17, 15) is 0 Å². The normalized spacial score (nSPS) is 9.06. The van der Waals surface area contributed by atoms with E-state index in [0.717, 1.165) is 5.56 Å². The minimum atomic E-state index is -0.145. The number of hydrogen-bond donors (Lipinski definition) is 1. The quantitative estimate of drug-likeness (QED) is 0.801. The van der Waals surface area contributed by atoms with Crippen molar-refractivity contribution >= 4 is 0 Å². The second-order valence-electron chi connectivity index (χ2n) is 3.15. The summed E-state index contributed by atoms with van der Waals surface area (Å²) < 4.78 is 10.3. The lowest BCUT2D eigenvalue weighted by Crippen LogP contribution is -1.90. The first-order chi connectivity index (χ1) is 8.81. The van der Waals surface area contributed by atoms with Crippen molar-refractivity contribution in [2.45, 2.75) is 0 Å². The monoisotopic (exact) mass is 242 g/mol. The van der Waals surface area contributed by atoms with Crippen molar-refractivity contribution in [2.24, 2.45) is 0 Å². The van der Waals surface area contributed by atoms with Crippen molar-refractivity contribution in [1.29, 1.82) is 0 Å². The van der Waals surface area contributed by atoms with Gasteiger partial charge in [0.25, 0.3) is 0 Å². The molecule has 0 aromatic heterocycles. The molecule has 3 heteroatoms. The lowest BCUT2D eigenvalue weighted by Gasteiger charge is -2.06. The summed E-state index contributed by atoms with van der Waals surface area (Å²) in [6, 6.07) is 5.46. The van der Waals surface area contributed by atoms with Crippen LogP contribution in [-0.4, -0.2) is 25.9 Å². The zero-order chi connectivity index (χ0) is 13.2. The molecule has 0 atom stereocenters. The van der Waals surface area contributed by atoms with Crippen LogP contribution in [0.1, 0.15) is 5.56 Å². The lowest BCUT2D eigenvalue weighted by molar-refractivity contribution is 0.350. The van der Waals surface area contributed by atoms with Crippen LogP contribution in [-0.2, 0) is 0 Å². The predicted molar refractivity (Wildman–Crippen MR) is 70.4 cm³/mol. The van der Waals surface area contributed by atoms with Crippen LogP contribution in [0.3, 0.4) is 0 Å². The van der Waals surface area contributed by atoms with Crippen LogP contribution in [0, 0.1) is 23.7 Å². The molecule has 0 radical (unpaired) electrons. The highest BCUT2D eigenvalue weighted by atomic mass is 16.5. The van der Waals surface area contributed by atoms with Gasteiger partial charge in [-0.2, -0.15) is 0 Å². The van der Waals surface area contributed by atoms with Crippen molar-refractivity contribution in [3.05, 3.63) is 35.9 Å². The Morgan fingerprint density at radius 3 is 2.50 bits per heavy atom. The van der Waals surface area contributed by atoms with Gasteiger partial charge in [-0.05, 0) is 30.4 Å². The third-order valence-corrected chi connectivity index (χ3v) is 2.03. The molecule has 0 fully saturated rings. The van der Waals surface area contributed by atoms with Crippen LogP contribution in [0.25, 0.3) is 0 Å². The molecule has 0 bridgehead atoms. The zero-order valence-corrected chi connectivity index (χ0v) is 10.4. The van der Waals surface area contributed by atoms with E-state index >= 15 is 0 Å². The van der Waals surface area contributed by atoms with E-state index in [1.54, 1.807) is 38.5 Å². The van der Waals surface area contributed by atoms with Gasteiger partial charge in [0.2, 0.25) is 0 Å². The number of benzene rings is 1. The molecule has 0 aliphatic carbocycles. The standard InChI is InChI=1S/C15H14O3/c1-17-14-10-9-13(12-15(14)18-2)8-6-4-3-5-7-11-16/h3-4,9-10,12,16H,11H2,1-2H3/b4-3-. The molecule has 92 valence electrons. The predicted octanol–water partition coefficient (Wildman–Crippen LogP) is 1.61. The molecule has 3 nitrogen and oxygen atoms in total. The van der Waals surface area contributed by atoms with E-state index in [1.807, 2.05) is 6.07 Å². The molecule has 1 aromatic carbocycles. The summed E-state index contributed by atoms with van der Waals surface area (Å²) in [6.45, 7) is -0.145. The number of ether oxygens (including phenoxy) is 2. The molecule has 1 N–H and O–H groups in total. The van der Waals surface area contributed by atoms with Gasteiger partial charge in [-0.15, -0.1) is 0 Å². The molecule has 0 saturated heterocycles. The third kappa shape index (κ3) is 4.25. The van der Waals surface area contributed by atoms with E-state index in [0.29, 0.717) is 11.5 Å². The number of rotatable bonds is 2. The Morgan fingerprint density at radius 2 is 1.83 bits per heavy atom. The molecule has 0 aliphatic heterocycles. The van der Waals surface area contributed by atoms with Crippen molar-refractivity contribution in [2.75, 3.05) is 20.8 Å². The fourth-order valence-corrected chi connectivity index (χ4v) is 1.23. The molecule has 1 rings (SSSR count). The van der Waals surface area contributed by atoms with Crippen LogP contribution in [0.2, 0.25) is 0 Å². The Labute approximate surface area is 107 Å². The third-order valence-electron chi connectivity index (χ3n) is 2.03. The largest absolute Gasteiger partial charge is 0.493 e. The molecule has 18 heavy (non-hydrogen) atoms. The van der Waals surface area contributed by atoms with E-state index < -0.39 is 0 Å². The van der Waals surface area contributed by atoms with Gasteiger partial charge in [-0.3, -0.25) is 0 Å². The Kier molecular flexibility index (Phi) is 5.97. The molecular weight excluding hydrogens is 228 g/mol. The fraction of sp³-hybridized carbons (Fsp3) is 0.200. The number of aliphatic hydroxyl groups excluding tert-OH is 1. The van der Waals surface area contributed by atoms with Crippen LogP contribution in [0.4, 0.5) is 0 Å². The van der Waals surface area contributed by atoms with Crippen LogP contribution >= 0.6 is 0 Å². The van der Waals surface area contributed by atoms with Gasteiger partial charge >= 0.3 is 0 Å². The molecule has 0 aliphatic rings. The zero-order valence-electron chi connectivity index (χ0n) is 10.4. The van der Waals surface area contributed by atoms with Gasteiger partial charge in [0.15, 0.2) is 11.5 Å². The second kappa shape index (κ2) is 7.84. The Morgan fingerprint density at radius 1 is 1.11 bits per heavy atom. The summed E-state index contributed by atoms with van der Waals surface area (Å²) in [6.07, 6.45) is 3.21. The first-order valence-corrected chi connectivity index (χ1v) is 5.29. The first kappa shape index (κ1) is 13.7. The van der Waals surface area contributed by atoms with Gasteiger partial charge in [0.1, 0.15) is 6.61 Å². The highest BCUT2D eigenvalue weighted by Gasteiger charge is 2.02. The number of allylic oxidation sites excluding steroid dienone is 2. The van der Waals surface area contributed by atoms with Crippen molar-refractivity contribution in [3.63, 3.8) is 0 Å². The summed E-state index contributed by atoms with van der Waals surface area (Å²) in [4.78, 5) is 0. The van der Waals surface area contributed by atoms with E-state index in [2.05, 4.69) is 23.7 Å². The average Bonchev–Trinajstić information content (AvgIpc) is 2.42. The van der Waals surface area contributed by atoms with Crippen LogP contribution < -0.4 is 9.47 Å². The first-order valence-electron chi connectivity index (χ1n) is 5.29. The van der Waals surface area contributed by atoms with Crippen LogP contribution in [0.15, 0.2) is 30.4 Å². The van der Waals surface area contributed by atoms with Crippen molar-refractivity contribution in [3.8, 4) is 35.2 Å². The summed E-state index contributed by atoms with van der Waals surface area (Å²) in [5.41, 5.74) is 0.826. The van der Waals surface area contributed by atoms with Gasteiger partial charge in [-0.1, -0.05) is 23.7 Å². The maximum atomic E-state index is 8.44. The van der Waals surface area contributed by atoms with E-state index in [1.165, 1.54) is 0 Å². The smallest absolute Gasteiger partial charge is 0.161 e. The number of aliphatic hydroxyl groups is 1. The molecule has 1 aromatic rings. The Bertz CT molecular complexity index is 536. The Balaban J connectivity index is 2.80. The molecule has 0 amide bonds. The summed E-state index contributed by atoms with van der Waals surface area (Å²) in [7, 11) is 3.17. The second-order valence-corrected chi connectivity index (χ2v) is 3.15. The molecule has 0 spiro atoms. The van der Waals surface area contributed by atoms with Gasteiger partial charge in [-0.25, -0.2) is 0 Å². The maximum absolute atomic E-state index is 8.44. The average molecular weight is 242 g/mol. The summed E-state index contributed by atoms with van der Waals surface area (Å²) in [5.74, 6) is 12.2. The fourth-order valence-electron chi connectivity index (χ4n) is 1.23. The van der Waals surface area contributed by atoms with Crippen molar-refractivity contribution in [1.82, 2.24) is 0 Å². The van der Waals surface area contributed by atoms with Crippen LogP contribution in [0.5, 0.6) is 11.5 Å². The highest BCUT2D eigenvalue weighted by molar-refractivity contribution is 5.49. The molecular formula is C15H14O3. The summed E-state index contributed by atoms with van der Waals surface area (Å²) >= 11 is 0. The minimum Gasteiger partial charge on any atom is -0.493 e. The van der Waals surface area contributed by atoms with E-state index in [4.69, 9.17) is 14.6 Å².